The number of amides is 1. The molecule has 4 rings (SSSR count). The van der Waals surface area contributed by atoms with Gasteiger partial charge in [0, 0.05) is 44.7 Å². The molecule has 1 saturated carbocycles. The van der Waals surface area contributed by atoms with Crippen LogP contribution in [0.4, 0.5) is 0 Å². The minimum absolute atomic E-state index is 0. The van der Waals surface area contributed by atoms with Gasteiger partial charge in [0.15, 0.2) is 0 Å². The van der Waals surface area contributed by atoms with Crippen LogP contribution >= 0.6 is 24.8 Å². The van der Waals surface area contributed by atoms with E-state index in [9.17, 15) is 4.79 Å². The second kappa shape index (κ2) is 10.4. The van der Waals surface area contributed by atoms with E-state index in [2.05, 4.69) is 52.3 Å². The van der Waals surface area contributed by atoms with Crippen LogP contribution in [0.3, 0.4) is 0 Å². The number of nitrogens with two attached hydrogens (primary N) is 1. The lowest BCUT2D eigenvalue weighted by molar-refractivity contribution is -0.138. The SMILES string of the molecule is Cl.Cl.NC1CCCC(C(=O)N2CCN(Cc3cccc4ccccc34)CC2)C1. The molecule has 1 saturated heterocycles. The Balaban J connectivity index is 0.00000140. The van der Waals surface area contributed by atoms with Crippen LogP contribution in [0.15, 0.2) is 42.5 Å². The first-order chi connectivity index (χ1) is 12.7. The van der Waals surface area contributed by atoms with Crippen molar-refractivity contribution in [1.29, 1.82) is 0 Å². The number of hydrogen-bond donors (Lipinski definition) is 1. The highest BCUT2D eigenvalue weighted by atomic mass is 35.5. The van der Waals surface area contributed by atoms with Gasteiger partial charge >= 0.3 is 0 Å². The molecule has 1 heterocycles. The molecular weight excluding hydrogens is 393 g/mol. The third kappa shape index (κ3) is 5.18. The summed E-state index contributed by atoms with van der Waals surface area (Å²) in [6.07, 6.45) is 4.05. The maximum Gasteiger partial charge on any atom is 0.225 e. The summed E-state index contributed by atoms with van der Waals surface area (Å²) >= 11 is 0. The van der Waals surface area contributed by atoms with Gasteiger partial charge in [0.05, 0.1) is 0 Å². The van der Waals surface area contributed by atoms with Gasteiger partial charge in [-0.25, -0.2) is 0 Å². The lowest BCUT2D eigenvalue weighted by Crippen LogP contribution is -2.50. The zero-order chi connectivity index (χ0) is 17.9. The largest absolute Gasteiger partial charge is 0.340 e. The lowest BCUT2D eigenvalue weighted by Gasteiger charge is -2.38. The zero-order valence-corrected chi connectivity index (χ0v) is 17.9. The average molecular weight is 424 g/mol. The summed E-state index contributed by atoms with van der Waals surface area (Å²) in [5.74, 6) is 0.494. The summed E-state index contributed by atoms with van der Waals surface area (Å²) in [5, 5.41) is 2.64. The van der Waals surface area contributed by atoms with Crippen LogP contribution in [0.2, 0.25) is 0 Å². The topological polar surface area (TPSA) is 49.6 Å². The first kappa shape index (κ1) is 23.0. The molecule has 1 amide bonds. The summed E-state index contributed by atoms with van der Waals surface area (Å²) in [6, 6.07) is 15.3. The van der Waals surface area contributed by atoms with E-state index in [4.69, 9.17) is 5.73 Å². The standard InChI is InChI=1S/C22H29N3O.2ClH/c23-20-9-4-7-18(15-20)22(26)25-13-11-24(12-14-25)16-19-8-3-6-17-5-1-2-10-21(17)19;;/h1-3,5-6,8,10,18,20H,4,7,9,11-16,23H2;2*1H. The Kier molecular flexibility index (Phi) is 8.56. The zero-order valence-electron chi connectivity index (χ0n) is 16.3. The van der Waals surface area contributed by atoms with Crippen LogP contribution in [0.25, 0.3) is 10.8 Å². The molecule has 6 heteroatoms. The number of nitrogens with zero attached hydrogens (tertiary/aromatic N) is 2. The molecule has 0 bridgehead atoms. The Labute approximate surface area is 180 Å². The quantitative estimate of drug-likeness (QED) is 0.815. The van der Waals surface area contributed by atoms with E-state index >= 15 is 0 Å². The van der Waals surface area contributed by atoms with Gasteiger partial charge in [-0.2, -0.15) is 0 Å². The molecule has 2 aromatic rings. The fourth-order valence-corrected chi connectivity index (χ4v) is 4.51. The van der Waals surface area contributed by atoms with E-state index in [0.29, 0.717) is 5.91 Å². The van der Waals surface area contributed by atoms with Crippen molar-refractivity contribution in [2.45, 2.75) is 38.3 Å². The van der Waals surface area contributed by atoms with Crippen molar-refractivity contribution >= 4 is 41.5 Å². The molecule has 154 valence electrons. The van der Waals surface area contributed by atoms with Crippen LogP contribution in [0.5, 0.6) is 0 Å². The molecule has 2 unspecified atom stereocenters. The molecule has 1 aliphatic carbocycles. The summed E-state index contributed by atoms with van der Waals surface area (Å²) in [4.78, 5) is 17.3. The van der Waals surface area contributed by atoms with Gasteiger partial charge < -0.3 is 10.6 Å². The number of rotatable bonds is 3. The first-order valence-electron chi connectivity index (χ1n) is 9.94. The number of carbonyl (C=O) groups is 1. The van der Waals surface area contributed by atoms with Gasteiger partial charge in [0.25, 0.3) is 0 Å². The number of carbonyl (C=O) groups excluding carboxylic acids is 1. The number of halogens is 2. The van der Waals surface area contributed by atoms with Crippen LogP contribution in [-0.2, 0) is 11.3 Å². The van der Waals surface area contributed by atoms with Crippen molar-refractivity contribution in [3.63, 3.8) is 0 Å². The highest BCUT2D eigenvalue weighted by molar-refractivity contribution is 5.86. The molecule has 2 fully saturated rings. The third-order valence-corrected chi connectivity index (χ3v) is 6.02. The van der Waals surface area contributed by atoms with E-state index in [1.165, 1.54) is 16.3 Å². The van der Waals surface area contributed by atoms with Crippen LogP contribution in [0.1, 0.15) is 31.2 Å². The number of fused-ring (bicyclic) bond motifs is 1. The number of piperazine rings is 1. The van der Waals surface area contributed by atoms with E-state index in [1.807, 2.05) is 0 Å². The second-order valence-corrected chi connectivity index (χ2v) is 7.86. The van der Waals surface area contributed by atoms with E-state index < -0.39 is 0 Å². The van der Waals surface area contributed by atoms with Crippen molar-refractivity contribution < 1.29 is 4.79 Å². The van der Waals surface area contributed by atoms with Crippen molar-refractivity contribution in [1.82, 2.24) is 9.80 Å². The molecule has 0 radical (unpaired) electrons. The van der Waals surface area contributed by atoms with Crippen LogP contribution in [-0.4, -0.2) is 47.9 Å². The van der Waals surface area contributed by atoms with Crippen LogP contribution in [0, 0.1) is 5.92 Å². The van der Waals surface area contributed by atoms with Gasteiger partial charge in [0.1, 0.15) is 0 Å². The minimum atomic E-state index is 0. The lowest BCUT2D eigenvalue weighted by atomic mass is 9.85. The first-order valence-corrected chi connectivity index (χ1v) is 9.94. The van der Waals surface area contributed by atoms with E-state index in [1.54, 1.807) is 0 Å². The van der Waals surface area contributed by atoms with Gasteiger partial charge in [0.2, 0.25) is 5.91 Å². The van der Waals surface area contributed by atoms with Crippen LogP contribution < -0.4 is 5.73 Å². The second-order valence-electron chi connectivity index (χ2n) is 7.86. The minimum Gasteiger partial charge on any atom is -0.340 e. The molecule has 0 spiro atoms. The molecule has 2 aliphatic rings. The van der Waals surface area contributed by atoms with Crippen molar-refractivity contribution in [3.8, 4) is 0 Å². The normalized spacial score (nSPS) is 23.0. The highest BCUT2D eigenvalue weighted by Gasteiger charge is 2.30. The Bertz CT molecular complexity index is 772. The maximum atomic E-state index is 12.8. The number of hydrogen-bond acceptors (Lipinski definition) is 3. The Hall–Kier alpha value is -1.33. The summed E-state index contributed by atoms with van der Waals surface area (Å²) in [6.45, 7) is 4.55. The monoisotopic (exact) mass is 423 g/mol. The third-order valence-electron chi connectivity index (χ3n) is 6.02. The Morgan fingerprint density at radius 3 is 2.43 bits per heavy atom. The summed E-state index contributed by atoms with van der Waals surface area (Å²) in [5.41, 5.74) is 7.44. The summed E-state index contributed by atoms with van der Waals surface area (Å²) < 4.78 is 0. The molecule has 28 heavy (non-hydrogen) atoms. The highest BCUT2D eigenvalue weighted by Crippen LogP contribution is 2.26. The van der Waals surface area contributed by atoms with Crippen molar-refractivity contribution in [2.24, 2.45) is 11.7 Å². The van der Waals surface area contributed by atoms with Crippen molar-refractivity contribution in [2.75, 3.05) is 26.2 Å². The van der Waals surface area contributed by atoms with Gasteiger partial charge in [-0.15, -0.1) is 24.8 Å². The fraction of sp³-hybridized carbons (Fsp3) is 0.500. The number of benzene rings is 2. The average Bonchev–Trinajstić information content (AvgIpc) is 2.68. The van der Waals surface area contributed by atoms with Gasteiger partial charge in [-0.05, 0) is 35.6 Å². The van der Waals surface area contributed by atoms with Crippen molar-refractivity contribution in [3.05, 3.63) is 48.0 Å². The molecule has 2 N–H and O–H groups in total. The van der Waals surface area contributed by atoms with E-state index in [-0.39, 0.29) is 36.8 Å². The van der Waals surface area contributed by atoms with E-state index in [0.717, 1.165) is 58.4 Å². The maximum absolute atomic E-state index is 12.8. The fourth-order valence-electron chi connectivity index (χ4n) is 4.51. The predicted octanol–water partition coefficient (Wildman–Crippen LogP) is 3.85. The molecule has 2 aromatic carbocycles. The molecule has 4 nitrogen and oxygen atoms in total. The van der Waals surface area contributed by atoms with Gasteiger partial charge in [-0.1, -0.05) is 48.9 Å². The predicted molar refractivity (Wildman–Crippen MR) is 120 cm³/mol. The smallest absolute Gasteiger partial charge is 0.225 e. The Morgan fingerprint density at radius 1 is 0.964 bits per heavy atom. The molecular formula is C22H31Cl2N3O. The summed E-state index contributed by atoms with van der Waals surface area (Å²) in [7, 11) is 0. The molecule has 0 aromatic heterocycles. The molecule has 2 atom stereocenters. The Morgan fingerprint density at radius 2 is 1.68 bits per heavy atom. The van der Waals surface area contributed by atoms with Gasteiger partial charge in [-0.3, -0.25) is 9.69 Å². The molecule has 1 aliphatic heterocycles.